The molecule has 0 saturated heterocycles. The largest absolute Gasteiger partial charge is 0.351 e. The number of benzene rings is 3. The van der Waals surface area contributed by atoms with E-state index in [4.69, 9.17) is 11.6 Å². The molecule has 0 heterocycles. The van der Waals surface area contributed by atoms with Crippen LogP contribution in [-0.2, 0) is 10.0 Å². The van der Waals surface area contributed by atoms with Crippen molar-refractivity contribution < 1.29 is 13.2 Å². The smallest absolute Gasteiger partial charge is 0.263 e. The van der Waals surface area contributed by atoms with E-state index in [0.29, 0.717) is 12.2 Å². The molecule has 5 nitrogen and oxygen atoms in total. The Morgan fingerprint density at radius 2 is 1.68 bits per heavy atom. The first-order valence-corrected chi connectivity index (χ1v) is 11.8. The Labute approximate surface area is 188 Å². The van der Waals surface area contributed by atoms with Crippen molar-refractivity contribution in [1.82, 2.24) is 5.32 Å². The van der Waals surface area contributed by atoms with Crippen LogP contribution in [0.15, 0.2) is 71.6 Å². The summed E-state index contributed by atoms with van der Waals surface area (Å²) < 4.78 is 28.4. The Balaban J connectivity index is 1.77. The molecule has 3 rings (SSSR count). The van der Waals surface area contributed by atoms with Crippen molar-refractivity contribution in [3.8, 4) is 0 Å². The molecule has 0 saturated carbocycles. The van der Waals surface area contributed by atoms with E-state index >= 15 is 0 Å². The van der Waals surface area contributed by atoms with Crippen LogP contribution in [0.4, 0.5) is 5.69 Å². The highest BCUT2D eigenvalue weighted by atomic mass is 35.5. The number of anilines is 1. The van der Waals surface area contributed by atoms with Crippen molar-refractivity contribution in [2.24, 2.45) is 0 Å². The molecule has 3 aromatic carbocycles. The van der Waals surface area contributed by atoms with Crippen molar-refractivity contribution in [1.29, 1.82) is 0 Å². The Hall–Kier alpha value is -2.83. The molecule has 1 amide bonds. The number of amides is 1. The highest BCUT2D eigenvalue weighted by Gasteiger charge is 2.21. The van der Waals surface area contributed by atoms with Crippen LogP contribution in [0.3, 0.4) is 0 Å². The molecule has 3 aromatic rings. The number of aryl methyl sites for hydroxylation is 2. The van der Waals surface area contributed by atoms with Crippen molar-refractivity contribution in [2.45, 2.75) is 31.6 Å². The van der Waals surface area contributed by atoms with E-state index in [1.165, 1.54) is 18.2 Å². The van der Waals surface area contributed by atoms with Gasteiger partial charge in [-0.05, 0) is 66.8 Å². The minimum atomic E-state index is -3.97. The van der Waals surface area contributed by atoms with Gasteiger partial charge in [-0.3, -0.25) is 9.52 Å². The van der Waals surface area contributed by atoms with Gasteiger partial charge in [-0.15, -0.1) is 0 Å². The summed E-state index contributed by atoms with van der Waals surface area (Å²) in [6.07, 6.45) is 0. The minimum Gasteiger partial charge on any atom is -0.351 e. The second-order valence-corrected chi connectivity index (χ2v) is 9.63. The van der Waals surface area contributed by atoms with Gasteiger partial charge >= 0.3 is 0 Å². The van der Waals surface area contributed by atoms with E-state index in [9.17, 15) is 13.2 Å². The molecule has 0 aliphatic carbocycles. The molecule has 0 radical (unpaired) electrons. The third-order valence-corrected chi connectivity index (χ3v) is 7.04. The summed E-state index contributed by atoms with van der Waals surface area (Å²) in [4.78, 5) is 12.5. The average Bonchev–Trinajstić information content (AvgIpc) is 2.75. The maximum absolute atomic E-state index is 12.9. The zero-order valence-corrected chi connectivity index (χ0v) is 19.2. The Morgan fingerprint density at radius 3 is 2.35 bits per heavy atom. The molecule has 0 fully saturated rings. The van der Waals surface area contributed by atoms with E-state index in [-0.39, 0.29) is 27.3 Å². The second kappa shape index (κ2) is 9.54. The molecule has 1 atom stereocenters. The van der Waals surface area contributed by atoms with Gasteiger partial charge in [0.1, 0.15) is 4.90 Å². The zero-order valence-electron chi connectivity index (χ0n) is 17.6. The number of rotatable bonds is 7. The first kappa shape index (κ1) is 22.8. The summed E-state index contributed by atoms with van der Waals surface area (Å²) in [6.45, 7) is 6.29. The summed E-state index contributed by atoms with van der Waals surface area (Å²) in [6, 6.07) is 19.4. The summed E-state index contributed by atoms with van der Waals surface area (Å²) in [5.41, 5.74) is 3.80. The number of carbonyl (C=O) groups excluding carboxylic acids is 1. The van der Waals surface area contributed by atoms with Crippen LogP contribution in [0.2, 0.25) is 5.02 Å². The van der Waals surface area contributed by atoms with Gasteiger partial charge in [-0.1, -0.05) is 54.9 Å². The summed E-state index contributed by atoms with van der Waals surface area (Å²) in [7, 11) is -3.97. The van der Waals surface area contributed by atoms with E-state index < -0.39 is 10.0 Å². The number of hydrogen-bond acceptors (Lipinski definition) is 3. The van der Waals surface area contributed by atoms with Crippen molar-refractivity contribution >= 4 is 33.2 Å². The van der Waals surface area contributed by atoms with E-state index in [1.54, 1.807) is 12.1 Å². The predicted molar refractivity (Wildman–Crippen MR) is 125 cm³/mol. The molecule has 0 spiro atoms. The third-order valence-electron chi connectivity index (χ3n) is 5.18. The number of hydrogen-bond donors (Lipinski definition) is 2. The van der Waals surface area contributed by atoms with Gasteiger partial charge in [0.2, 0.25) is 0 Å². The highest BCUT2D eigenvalue weighted by molar-refractivity contribution is 7.92. The molecule has 0 bridgehead atoms. The lowest BCUT2D eigenvalue weighted by Gasteiger charge is -2.14. The number of halogens is 1. The standard InChI is InChI=1S/C24H25ClN2O3S/c1-16-9-11-21(13-17(16)2)27-31(29,30)23-14-20(10-12-22(23)25)24(28)26-15-18(3)19-7-5-4-6-8-19/h4-14,18,27H,15H2,1-3H3,(H,26,28)/t18-/m0/s1. The monoisotopic (exact) mass is 456 g/mol. The average molecular weight is 457 g/mol. The van der Waals surface area contributed by atoms with Crippen LogP contribution < -0.4 is 10.0 Å². The first-order chi connectivity index (χ1) is 14.7. The van der Waals surface area contributed by atoms with Gasteiger partial charge in [0.25, 0.3) is 15.9 Å². The zero-order chi connectivity index (χ0) is 22.6. The quantitative estimate of drug-likeness (QED) is 0.507. The highest BCUT2D eigenvalue weighted by Crippen LogP contribution is 2.26. The third kappa shape index (κ3) is 5.66. The van der Waals surface area contributed by atoms with Crippen LogP contribution in [-0.4, -0.2) is 20.9 Å². The van der Waals surface area contributed by atoms with Crippen LogP contribution in [0, 0.1) is 13.8 Å². The molecule has 0 aliphatic rings. The predicted octanol–water partition coefficient (Wildman–Crippen LogP) is 5.29. The molecule has 2 N–H and O–H groups in total. The molecule has 162 valence electrons. The van der Waals surface area contributed by atoms with E-state index in [0.717, 1.165) is 16.7 Å². The Kier molecular flexibility index (Phi) is 7.03. The maximum Gasteiger partial charge on any atom is 0.263 e. The lowest BCUT2D eigenvalue weighted by atomic mass is 10.0. The number of carbonyl (C=O) groups is 1. The molecule has 0 aliphatic heterocycles. The van der Waals surface area contributed by atoms with Crippen molar-refractivity contribution in [3.05, 3.63) is 94.0 Å². The van der Waals surface area contributed by atoms with Crippen LogP contribution in [0.5, 0.6) is 0 Å². The normalized spacial score (nSPS) is 12.3. The lowest BCUT2D eigenvalue weighted by molar-refractivity contribution is 0.0951. The van der Waals surface area contributed by atoms with Gasteiger partial charge in [0.05, 0.1) is 5.02 Å². The lowest BCUT2D eigenvalue weighted by Crippen LogP contribution is -2.27. The van der Waals surface area contributed by atoms with Crippen molar-refractivity contribution in [2.75, 3.05) is 11.3 Å². The van der Waals surface area contributed by atoms with E-state index in [1.807, 2.05) is 57.2 Å². The van der Waals surface area contributed by atoms with Crippen LogP contribution in [0.25, 0.3) is 0 Å². The Bertz CT molecular complexity index is 1190. The molecule has 0 unspecified atom stereocenters. The second-order valence-electron chi connectivity index (χ2n) is 7.57. The van der Waals surface area contributed by atoms with Gasteiger partial charge in [0.15, 0.2) is 0 Å². The number of sulfonamides is 1. The minimum absolute atomic E-state index is 0.0468. The first-order valence-electron chi connectivity index (χ1n) is 9.90. The summed E-state index contributed by atoms with van der Waals surface area (Å²) in [5, 5.41) is 2.91. The summed E-state index contributed by atoms with van der Waals surface area (Å²) in [5.74, 6) is -0.242. The fourth-order valence-corrected chi connectivity index (χ4v) is 4.69. The topological polar surface area (TPSA) is 75.3 Å². The Morgan fingerprint density at radius 1 is 0.968 bits per heavy atom. The fourth-order valence-electron chi connectivity index (χ4n) is 3.11. The molecule has 31 heavy (non-hydrogen) atoms. The fraction of sp³-hybridized carbons (Fsp3) is 0.208. The SMILES string of the molecule is Cc1ccc(NS(=O)(=O)c2cc(C(=O)NC[C@H](C)c3ccccc3)ccc2Cl)cc1C. The van der Waals surface area contributed by atoms with E-state index in [2.05, 4.69) is 10.0 Å². The molecule has 0 aromatic heterocycles. The molecule has 7 heteroatoms. The van der Waals surface area contributed by atoms with Crippen LogP contribution in [0.1, 0.15) is 39.9 Å². The molecular formula is C24H25ClN2O3S. The van der Waals surface area contributed by atoms with Crippen molar-refractivity contribution in [3.63, 3.8) is 0 Å². The molecular weight excluding hydrogens is 432 g/mol. The number of nitrogens with one attached hydrogen (secondary N) is 2. The van der Waals surface area contributed by atoms with Gasteiger partial charge in [-0.2, -0.15) is 0 Å². The summed E-state index contributed by atoms with van der Waals surface area (Å²) >= 11 is 6.16. The maximum atomic E-state index is 12.9. The van der Waals surface area contributed by atoms with Gasteiger partial charge < -0.3 is 5.32 Å². The van der Waals surface area contributed by atoms with Crippen LogP contribution >= 0.6 is 11.6 Å². The van der Waals surface area contributed by atoms with Gasteiger partial charge in [0, 0.05) is 17.8 Å². The van der Waals surface area contributed by atoms with Gasteiger partial charge in [-0.25, -0.2) is 8.42 Å².